The molecule has 1 aromatic heterocycles. The highest BCUT2D eigenvalue weighted by molar-refractivity contribution is 8.00. The average molecular weight is 308 g/mol. The lowest BCUT2D eigenvalue weighted by Gasteiger charge is -2.21. The molecule has 1 aliphatic rings. The number of nitrogen functional groups attached to an aromatic ring is 1. The third-order valence-corrected chi connectivity index (χ3v) is 7.15. The minimum atomic E-state index is -3.53. The molecule has 1 saturated heterocycles. The van der Waals surface area contributed by atoms with Crippen molar-refractivity contribution in [3.8, 4) is 0 Å². The van der Waals surface area contributed by atoms with Gasteiger partial charge in [-0.25, -0.2) is 8.42 Å². The lowest BCUT2D eigenvalue weighted by molar-refractivity contribution is 0.414. The van der Waals surface area contributed by atoms with E-state index in [2.05, 4.69) is 24.0 Å². The Labute approximate surface area is 115 Å². The summed E-state index contributed by atoms with van der Waals surface area (Å²) in [6.45, 7) is 5.30. The van der Waals surface area contributed by atoms with Crippen molar-refractivity contribution >= 4 is 38.3 Å². The first kappa shape index (κ1) is 14.0. The van der Waals surface area contributed by atoms with Crippen LogP contribution in [0, 0.1) is 0 Å². The quantitative estimate of drug-likeness (QED) is 0.877. The summed E-state index contributed by atoms with van der Waals surface area (Å²) in [5.74, 6) is 0.792. The predicted molar refractivity (Wildman–Crippen MR) is 74.2 cm³/mol. The molecule has 0 aliphatic carbocycles. The molecule has 1 aliphatic heterocycles. The van der Waals surface area contributed by atoms with Gasteiger partial charge in [-0.2, -0.15) is 16.1 Å². The summed E-state index contributed by atoms with van der Waals surface area (Å²) in [6, 6.07) is 0. The number of hydrogen-bond donors (Lipinski definition) is 1. The first-order valence-corrected chi connectivity index (χ1v) is 8.79. The van der Waals surface area contributed by atoms with Crippen LogP contribution in [0.15, 0.2) is 4.34 Å². The number of nitrogens with two attached hydrogens (primary N) is 1. The Balaban J connectivity index is 2.21. The molecule has 0 atom stereocenters. The molecule has 6 nitrogen and oxygen atoms in total. The van der Waals surface area contributed by atoms with Crippen molar-refractivity contribution in [1.82, 2.24) is 14.5 Å². The van der Waals surface area contributed by atoms with Crippen molar-refractivity contribution in [3.05, 3.63) is 0 Å². The third-order valence-electron chi connectivity index (χ3n) is 2.78. The van der Waals surface area contributed by atoms with E-state index in [-0.39, 0.29) is 14.2 Å². The van der Waals surface area contributed by atoms with Crippen LogP contribution in [0.1, 0.15) is 20.3 Å². The van der Waals surface area contributed by atoms with Gasteiger partial charge in [-0.3, -0.25) is 0 Å². The van der Waals surface area contributed by atoms with Crippen LogP contribution in [0.3, 0.4) is 0 Å². The average Bonchev–Trinajstić information content (AvgIpc) is 2.61. The Hall–Kier alpha value is -0.380. The van der Waals surface area contributed by atoms with Crippen molar-refractivity contribution < 1.29 is 8.42 Å². The summed E-state index contributed by atoms with van der Waals surface area (Å²) in [6.07, 6.45) is 0.825. The lowest BCUT2D eigenvalue weighted by atomic mass is 10.1. The molecule has 0 saturated carbocycles. The maximum atomic E-state index is 12.3. The second-order valence-electron chi connectivity index (χ2n) is 4.67. The fraction of sp³-hybridized carbons (Fsp3) is 0.778. The predicted octanol–water partition coefficient (Wildman–Crippen LogP) is 1.03. The fourth-order valence-corrected chi connectivity index (χ4v) is 5.26. The molecule has 2 rings (SSSR count). The van der Waals surface area contributed by atoms with Gasteiger partial charge in [0.15, 0.2) is 0 Å². The minimum absolute atomic E-state index is 0.00953. The molecule has 2 heterocycles. The van der Waals surface area contributed by atoms with Crippen LogP contribution in [-0.4, -0.2) is 46.5 Å². The van der Waals surface area contributed by atoms with Gasteiger partial charge in [-0.15, -0.1) is 10.2 Å². The zero-order valence-electron chi connectivity index (χ0n) is 10.3. The number of hydrogen-bond acceptors (Lipinski definition) is 7. The molecule has 0 radical (unpaired) electrons. The maximum Gasteiger partial charge on any atom is 0.272 e. The normalized spacial score (nSPS) is 21.7. The molecule has 1 fully saturated rings. The van der Waals surface area contributed by atoms with Crippen molar-refractivity contribution in [2.75, 3.05) is 24.6 Å². The maximum absolute atomic E-state index is 12.3. The minimum Gasteiger partial charge on any atom is -0.374 e. The van der Waals surface area contributed by atoms with Crippen molar-refractivity contribution in [3.63, 3.8) is 0 Å². The van der Waals surface area contributed by atoms with Gasteiger partial charge in [0.25, 0.3) is 10.0 Å². The number of rotatable bonds is 2. The monoisotopic (exact) mass is 308 g/mol. The van der Waals surface area contributed by atoms with E-state index < -0.39 is 10.0 Å². The molecule has 9 heteroatoms. The first-order chi connectivity index (χ1) is 8.31. The summed E-state index contributed by atoms with van der Waals surface area (Å²) in [5, 5.41) is 7.38. The van der Waals surface area contributed by atoms with Crippen LogP contribution < -0.4 is 5.73 Å². The second kappa shape index (κ2) is 4.95. The molecule has 18 heavy (non-hydrogen) atoms. The molecule has 102 valence electrons. The molecule has 0 aromatic carbocycles. The molecule has 1 aromatic rings. The molecular formula is C9H16N4O2S3. The molecule has 0 amide bonds. The molecular weight excluding hydrogens is 292 g/mol. The molecule has 0 unspecified atom stereocenters. The van der Waals surface area contributed by atoms with Crippen LogP contribution >= 0.6 is 23.1 Å². The SMILES string of the molecule is CC1(C)CCN(S(=O)(=O)c2nnc(N)s2)CCS1. The third kappa shape index (κ3) is 2.95. The lowest BCUT2D eigenvalue weighted by Crippen LogP contribution is -2.33. The van der Waals surface area contributed by atoms with Gasteiger partial charge in [-0.1, -0.05) is 25.2 Å². The highest BCUT2D eigenvalue weighted by Gasteiger charge is 2.32. The smallest absolute Gasteiger partial charge is 0.272 e. The number of nitrogens with zero attached hydrogens (tertiary/aromatic N) is 3. The summed E-state index contributed by atoms with van der Waals surface area (Å²) >= 11 is 2.71. The van der Waals surface area contributed by atoms with Crippen LogP contribution in [-0.2, 0) is 10.0 Å². The second-order valence-corrected chi connectivity index (χ2v) is 9.59. The number of anilines is 1. The molecule has 0 spiro atoms. The van der Waals surface area contributed by atoms with Crippen molar-refractivity contribution in [2.24, 2.45) is 0 Å². The summed E-state index contributed by atoms with van der Waals surface area (Å²) in [5.41, 5.74) is 5.44. The van der Waals surface area contributed by atoms with Crippen molar-refractivity contribution in [1.29, 1.82) is 0 Å². The number of aromatic nitrogens is 2. The van der Waals surface area contributed by atoms with E-state index in [4.69, 9.17) is 5.73 Å². The number of thioether (sulfide) groups is 1. The van der Waals surface area contributed by atoms with Gasteiger partial charge in [-0.05, 0) is 6.42 Å². The topological polar surface area (TPSA) is 89.2 Å². The highest BCUT2D eigenvalue weighted by atomic mass is 32.2. The molecule has 0 bridgehead atoms. The van der Waals surface area contributed by atoms with Gasteiger partial charge >= 0.3 is 0 Å². The van der Waals surface area contributed by atoms with E-state index in [0.29, 0.717) is 13.1 Å². The zero-order chi connectivity index (χ0) is 13.4. The van der Waals surface area contributed by atoms with Gasteiger partial charge in [0.2, 0.25) is 9.47 Å². The van der Waals surface area contributed by atoms with Crippen LogP contribution in [0.5, 0.6) is 0 Å². The first-order valence-electron chi connectivity index (χ1n) is 5.54. The molecule has 2 N–H and O–H groups in total. The van der Waals surface area contributed by atoms with Crippen LogP contribution in [0.2, 0.25) is 0 Å². The zero-order valence-corrected chi connectivity index (χ0v) is 12.7. The van der Waals surface area contributed by atoms with E-state index in [1.165, 1.54) is 4.31 Å². The van der Waals surface area contributed by atoms with Crippen molar-refractivity contribution in [2.45, 2.75) is 29.4 Å². The standard InChI is InChI=1S/C9H16N4O2S3/c1-9(2)3-4-13(5-6-16-9)18(14,15)8-12-11-7(10)17-8/h3-6H2,1-2H3,(H2,10,11). The van der Waals surface area contributed by atoms with Gasteiger partial charge in [0.1, 0.15) is 0 Å². The summed E-state index contributed by atoms with van der Waals surface area (Å²) in [7, 11) is -3.53. The largest absolute Gasteiger partial charge is 0.374 e. The summed E-state index contributed by atoms with van der Waals surface area (Å²) in [4.78, 5) is 0. The van der Waals surface area contributed by atoms with Gasteiger partial charge < -0.3 is 5.73 Å². The fourth-order valence-electron chi connectivity index (χ4n) is 1.68. The van der Waals surface area contributed by atoms with E-state index in [1.807, 2.05) is 0 Å². The van der Waals surface area contributed by atoms with E-state index in [1.54, 1.807) is 11.8 Å². The van der Waals surface area contributed by atoms with Crippen LogP contribution in [0.4, 0.5) is 5.13 Å². The van der Waals surface area contributed by atoms with Gasteiger partial charge in [0.05, 0.1) is 0 Å². The van der Waals surface area contributed by atoms with Crippen LogP contribution in [0.25, 0.3) is 0 Å². The Bertz CT molecular complexity index is 526. The number of sulfonamides is 1. The summed E-state index contributed by atoms with van der Waals surface area (Å²) < 4.78 is 26.3. The van der Waals surface area contributed by atoms with Gasteiger partial charge in [0, 0.05) is 23.6 Å². The van der Waals surface area contributed by atoms with E-state index in [9.17, 15) is 8.42 Å². The highest BCUT2D eigenvalue weighted by Crippen LogP contribution is 2.32. The Morgan fingerprint density at radius 3 is 2.67 bits per heavy atom. The Morgan fingerprint density at radius 2 is 2.06 bits per heavy atom. The Kier molecular flexibility index (Phi) is 3.86. The Morgan fingerprint density at radius 1 is 1.33 bits per heavy atom. The van der Waals surface area contributed by atoms with E-state index >= 15 is 0 Å². The van der Waals surface area contributed by atoms with E-state index in [0.717, 1.165) is 23.5 Å².